The zero-order valence-corrected chi connectivity index (χ0v) is 48.8. The summed E-state index contributed by atoms with van der Waals surface area (Å²) in [6.45, 7) is 3.46. The number of carbonyl (C=O) groups excluding carboxylic acids is 1. The lowest BCUT2D eigenvalue weighted by molar-refractivity contribution is -0.298. The summed E-state index contributed by atoms with van der Waals surface area (Å²) in [6, 6.07) is -0.854. The minimum absolute atomic E-state index is 0.226. The molecule has 1 heterocycles. The van der Waals surface area contributed by atoms with Gasteiger partial charge in [-0.05, 0) is 38.5 Å². The molecule has 12 nitrogen and oxygen atoms in total. The smallest absolute Gasteiger partial charge is 0.394 e. The third-order valence-electron chi connectivity index (χ3n) is 15.3. The van der Waals surface area contributed by atoms with Crippen molar-refractivity contribution < 1.29 is 51.8 Å². The van der Waals surface area contributed by atoms with Crippen LogP contribution in [0, 0.1) is 0 Å². The first-order valence-electron chi connectivity index (χ1n) is 31.6. The highest BCUT2D eigenvalue weighted by molar-refractivity contribution is 7.80. The summed E-state index contributed by atoms with van der Waals surface area (Å²) in [5.41, 5.74) is 0. The topological polar surface area (TPSA) is 192 Å². The van der Waals surface area contributed by atoms with E-state index in [4.69, 9.17) is 9.47 Å². The Morgan fingerprint density at radius 3 is 1.22 bits per heavy atom. The van der Waals surface area contributed by atoms with Crippen LogP contribution in [-0.4, -0.2) is 95.4 Å². The second-order valence-corrected chi connectivity index (χ2v) is 23.4. The number of rotatable bonds is 56. The Kier molecular flexibility index (Phi) is 49.1. The molecule has 13 heteroatoms. The zero-order valence-electron chi connectivity index (χ0n) is 47.9. The molecule has 1 rings (SSSR count). The first-order chi connectivity index (χ1) is 36.0. The molecule has 0 aromatic heterocycles. The minimum atomic E-state index is -5.08. The van der Waals surface area contributed by atoms with Gasteiger partial charge in [-0.15, -0.1) is 0 Å². The van der Waals surface area contributed by atoms with Crippen LogP contribution in [0.3, 0.4) is 0 Å². The SMILES string of the molecule is CCCCCCCCCCCCCCCCCC/C=C\CCCCCCCCCCCCCCCCCCCC(=O)NC(COC1OC(CO)C(O)C(OS(=O)(=O)O)C1O)C(O)CCCCCCCCCCCC. The van der Waals surface area contributed by atoms with E-state index in [0.29, 0.717) is 12.8 Å². The van der Waals surface area contributed by atoms with E-state index < -0.39 is 59.9 Å². The van der Waals surface area contributed by atoms with E-state index >= 15 is 0 Å². The van der Waals surface area contributed by atoms with Gasteiger partial charge in [0.05, 0.1) is 25.4 Å². The van der Waals surface area contributed by atoms with Crippen LogP contribution in [0.5, 0.6) is 0 Å². The maximum Gasteiger partial charge on any atom is 0.397 e. The summed E-state index contributed by atoms with van der Waals surface area (Å²) >= 11 is 0. The highest BCUT2D eigenvalue weighted by Gasteiger charge is 2.48. The Morgan fingerprint density at radius 1 is 0.527 bits per heavy atom. The van der Waals surface area contributed by atoms with Gasteiger partial charge in [0.2, 0.25) is 5.91 Å². The van der Waals surface area contributed by atoms with Crippen LogP contribution in [0.25, 0.3) is 0 Å². The molecule has 0 aromatic carbocycles. The van der Waals surface area contributed by atoms with Gasteiger partial charge in [-0.1, -0.05) is 283 Å². The number of hydrogen-bond donors (Lipinski definition) is 6. The number of hydrogen-bond acceptors (Lipinski definition) is 10. The van der Waals surface area contributed by atoms with Gasteiger partial charge >= 0.3 is 10.4 Å². The summed E-state index contributed by atoms with van der Waals surface area (Å²) in [4.78, 5) is 13.1. The number of aliphatic hydroxyl groups excluding tert-OH is 4. The van der Waals surface area contributed by atoms with Crippen LogP contribution in [0.15, 0.2) is 12.2 Å². The number of unbranched alkanes of at least 4 members (excludes halogenated alkanes) is 42. The molecule has 74 heavy (non-hydrogen) atoms. The lowest BCUT2D eigenvalue weighted by Crippen LogP contribution is -2.61. The van der Waals surface area contributed by atoms with Crippen molar-refractivity contribution in [2.45, 2.75) is 358 Å². The highest BCUT2D eigenvalue weighted by atomic mass is 32.3. The molecule has 7 atom stereocenters. The van der Waals surface area contributed by atoms with Crippen LogP contribution in [-0.2, 0) is 28.9 Å². The van der Waals surface area contributed by atoms with E-state index in [1.54, 1.807) is 0 Å². The zero-order chi connectivity index (χ0) is 54.0. The average Bonchev–Trinajstić information content (AvgIpc) is 3.38. The van der Waals surface area contributed by atoms with Crippen LogP contribution in [0.1, 0.15) is 316 Å². The van der Waals surface area contributed by atoms with E-state index in [2.05, 4.69) is 35.5 Å². The number of allylic oxidation sites excluding steroid dienone is 2. The summed E-state index contributed by atoms with van der Waals surface area (Å²) in [6.07, 6.45) is 54.2. The van der Waals surface area contributed by atoms with Crippen molar-refractivity contribution in [1.82, 2.24) is 5.32 Å². The molecule has 0 aromatic rings. The molecule has 1 saturated heterocycles. The Labute approximate surface area is 455 Å². The van der Waals surface area contributed by atoms with Gasteiger partial charge < -0.3 is 35.2 Å². The number of aliphatic hydroxyl groups is 4. The van der Waals surface area contributed by atoms with Crippen LogP contribution < -0.4 is 5.32 Å². The number of ether oxygens (including phenoxy) is 2. The summed E-state index contributed by atoms with van der Waals surface area (Å²) < 4.78 is 47.8. The normalized spacial score (nSPS) is 19.1. The Hall–Kier alpha value is -1.16. The fraction of sp³-hybridized carbons (Fsp3) is 0.951. The lowest BCUT2D eigenvalue weighted by atomic mass is 9.99. The second-order valence-electron chi connectivity index (χ2n) is 22.4. The monoisotopic (exact) mass is 1070 g/mol. The quantitative estimate of drug-likeness (QED) is 0.0193. The Bertz CT molecular complexity index is 1350. The molecule has 7 unspecified atom stereocenters. The van der Waals surface area contributed by atoms with Gasteiger partial charge in [-0.25, -0.2) is 4.18 Å². The van der Waals surface area contributed by atoms with Crippen molar-refractivity contribution in [2.24, 2.45) is 0 Å². The van der Waals surface area contributed by atoms with E-state index in [1.165, 1.54) is 238 Å². The van der Waals surface area contributed by atoms with E-state index in [-0.39, 0.29) is 12.5 Å². The van der Waals surface area contributed by atoms with Gasteiger partial charge in [-0.3, -0.25) is 9.35 Å². The largest absolute Gasteiger partial charge is 0.397 e. The Balaban J connectivity index is 2.11. The van der Waals surface area contributed by atoms with Crippen molar-refractivity contribution in [3.05, 3.63) is 12.2 Å². The fourth-order valence-electron chi connectivity index (χ4n) is 10.5. The van der Waals surface area contributed by atoms with Gasteiger partial charge in [-0.2, -0.15) is 8.42 Å². The van der Waals surface area contributed by atoms with Crippen LogP contribution in [0.4, 0.5) is 0 Å². The van der Waals surface area contributed by atoms with E-state index in [1.807, 2.05) is 0 Å². The second kappa shape index (κ2) is 51.3. The molecule has 0 spiro atoms. The van der Waals surface area contributed by atoms with Crippen molar-refractivity contribution in [2.75, 3.05) is 13.2 Å². The molecular weight excluding hydrogens is 955 g/mol. The van der Waals surface area contributed by atoms with Gasteiger partial charge in [0, 0.05) is 6.42 Å². The van der Waals surface area contributed by atoms with Crippen molar-refractivity contribution in [3.8, 4) is 0 Å². The molecule has 1 fully saturated rings. The molecule has 1 aliphatic rings. The maximum absolute atomic E-state index is 13.1. The molecule has 1 amide bonds. The molecule has 440 valence electrons. The predicted molar refractivity (Wildman–Crippen MR) is 306 cm³/mol. The van der Waals surface area contributed by atoms with Gasteiger partial charge in [0.1, 0.15) is 24.4 Å². The van der Waals surface area contributed by atoms with Gasteiger partial charge in [0.25, 0.3) is 0 Å². The molecule has 6 N–H and O–H groups in total. The van der Waals surface area contributed by atoms with Crippen molar-refractivity contribution in [1.29, 1.82) is 0 Å². The third-order valence-corrected chi connectivity index (χ3v) is 15.8. The maximum atomic E-state index is 13.1. The van der Waals surface area contributed by atoms with E-state index in [0.717, 1.165) is 51.4 Å². The number of carbonyl (C=O) groups is 1. The Morgan fingerprint density at radius 2 is 0.865 bits per heavy atom. The predicted octanol–water partition coefficient (Wildman–Crippen LogP) is 15.4. The first-order valence-corrected chi connectivity index (χ1v) is 32.9. The molecule has 1 aliphatic heterocycles. The van der Waals surface area contributed by atoms with Gasteiger partial charge in [0.15, 0.2) is 6.29 Å². The third kappa shape index (κ3) is 42.8. The summed E-state index contributed by atoms with van der Waals surface area (Å²) in [5.74, 6) is -0.226. The summed E-state index contributed by atoms with van der Waals surface area (Å²) in [5, 5.41) is 45.0. The van der Waals surface area contributed by atoms with Crippen LogP contribution in [0.2, 0.25) is 0 Å². The molecule has 0 saturated carbocycles. The number of nitrogens with one attached hydrogen (secondary N) is 1. The molecule has 0 bridgehead atoms. The molecule has 0 radical (unpaired) electrons. The van der Waals surface area contributed by atoms with E-state index in [9.17, 15) is 38.2 Å². The summed E-state index contributed by atoms with van der Waals surface area (Å²) in [7, 11) is -5.08. The van der Waals surface area contributed by atoms with Crippen molar-refractivity contribution in [3.63, 3.8) is 0 Å². The minimum Gasteiger partial charge on any atom is -0.394 e. The van der Waals surface area contributed by atoms with Crippen molar-refractivity contribution >= 4 is 16.3 Å². The fourth-order valence-corrected chi connectivity index (χ4v) is 11.0. The number of amides is 1. The highest BCUT2D eigenvalue weighted by Crippen LogP contribution is 2.26. The standard InChI is InChI=1S/C61H119NO11S/c1-3-5-7-9-11-13-15-16-17-18-19-20-21-22-23-24-25-26-27-28-29-30-31-32-33-34-35-36-37-38-39-40-41-43-45-47-49-51-57(65)62-54(55(64)50-48-46-44-42-14-12-10-8-6-4-2)53-71-61-59(67)60(73-74(68,69)70)58(66)56(52-63)72-61/h26-27,54-56,58-61,63-64,66-67H,3-25,28-53H2,1-2H3,(H,62,65)(H,68,69,70)/b27-26-. The molecule has 0 aliphatic carbocycles. The van der Waals surface area contributed by atoms with Crippen LogP contribution >= 0.6 is 0 Å². The molecular formula is C61H119NO11S. The lowest BCUT2D eigenvalue weighted by Gasteiger charge is -2.41. The average molecular weight is 1070 g/mol. The first kappa shape index (κ1) is 70.9.